The number of ether oxygens (including phenoxy) is 2. The smallest absolute Gasteiger partial charge is 0.278 e. The number of thioether (sulfide) groups is 1. The molecular weight excluding hydrogens is 464 g/mol. The second kappa shape index (κ2) is 10.6. The minimum absolute atomic E-state index is 0.220. The van der Waals surface area contributed by atoms with Crippen molar-refractivity contribution in [2.45, 2.75) is 31.7 Å². The molecule has 2 aromatic carbocycles. The maximum atomic E-state index is 13.3. The van der Waals surface area contributed by atoms with Crippen LogP contribution >= 0.6 is 11.8 Å². The third-order valence-electron chi connectivity index (χ3n) is 5.20. The highest BCUT2D eigenvalue weighted by Gasteiger charge is 2.22. The quantitative estimate of drug-likeness (QED) is 0.283. The van der Waals surface area contributed by atoms with E-state index in [0.717, 1.165) is 22.6 Å². The van der Waals surface area contributed by atoms with Crippen LogP contribution in [0.3, 0.4) is 0 Å². The summed E-state index contributed by atoms with van der Waals surface area (Å²) in [7, 11) is 3.10. The fourth-order valence-corrected chi connectivity index (χ4v) is 4.44. The molecule has 0 bridgehead atoms. The SMILES string of the molecule is COc1ccc(NC(=O)c2nnn(-c3ccc(C)cc3)c2CSc2nc(C)cc(C)n2)cc1OC. The van der Waals surface area contributed by atoms with Gasteiger partial charge in [0.05, 0.1) is 25.6 Å². The number of carbonyl (C=O) groups is 1. The zero-order chi connectivity index (χ0) is 24.9. The van der Waals surface area contributed by atoms with Gasteiger partial charge in [0.2, 0.25) is 0 Å². The maximum Gasteiger partial charge on any atom is 0.278 e. The second-order valence-electron chi connectivity index (χ2n) is 7.88. The van der Waals surface area contributed by atoms with Crippen LogP contribution in [-0.2, 0) is 5.75 Å². The fourth-order valence-electron chi connectivity index (χ4n) is 3.50. The second-order valence-corrected chi connectivity index (χ2v) is 8.82. The molecule has 0 unspecified atom stereocenters. The van der Waals surface area contributed by atoms with Gasteiger partial charge in [0.1, 0.15) is 0 Å². The number of hydrogen-bond acceptors (Lipinski definition) is 8. The van der Waals surface area contributed by atoms with Crippen molar-refractivity contribution < 1.29 is 14.3 Å². The third-order valence-corrected chi connectivity index (χ3v) is 6.06. The number of methoxy groups -OCH3 is 2. The van der Waals surface area contributed by atoms with Crippen LogP contribution in [0.5, 0.6) is 11.5 Å². The monoisotopic (exact) mass is 490 g/mol. The first-order valence-electron chi connectivity index (χ1n) is 10.9. The predicted molar refractivity (Wildman–Crippen MR) is 135 cm³/mol. The Balaban J connectivity index is 1.66. The van der Waals surface area contributed by atoms with E-state index in [1.807, 2.05) is 51.1 Å². The summed E-state index contributed by atoms with van der Waals surface area (Å²) in [6, 6.07) is 15.0. The first-order chi connectivity index (χ1) is 16.9. The molecule has 0 aliphatic heterocycles. The van der Waals surface area contributed by atoms with E-state index in [0.29, 0.717) is 33.8 Å². The van der Waals surface area contributed by atoms with E-state index in [4.69, 9.17) is 9.47 Å². The molecule has 0 spiro atoms. The largest absolute Gasteiger partial charge is 0.493 e. The van der Waals surface area contributed by atoms with E-state index in [2.05, 4.69) is 25.6 Å². The Morgan fingerprint density at radius 3 is 2.29 bits per heavy atom. The molecule has 4 rings (SSSR count). The highest BCUT2D eigenvalue weighted by Crippen LogP contribution is 2.30. The van der Waals surface area contributed by atoms with Crippen molar-refractivity contribution >= 4 is 23.4 Å². The lowest BCUT2D eigenvalue weighted by atomic mass is 10.2. The number of hydrogen-bond donors (Lipinski definition) is 1. The molecule has 0 saturated carbocycles. The summed E-state index contributed by atoms with van der Waals surface area (Å²) in [5, 5.41) is 12.0. The molecule has 10 heteroatoms. The number of anilines is 1. The summed E-state index contributed by atoms with van der Waals surface area (Å²) >= 11 is 1.43. The number of benzene rings is 2. The van der Waals surface area contributed by atoms with Gasteiger partial charge in [0, 0.05) is 28.9 Å². The predicted octanol–water partition coefficient (Wildman–Crippen LogP) is 4.54. The van der Waals surface area contributed by atoms with Gasteiger partial charge in [-0.25, -0.2) is 14.6 Å². The van der Waals surface area contributed by atoms with Gasteiger partial charge in [0.15, 0.2) is 22.3 Å². The molecule has 0 atom stereocenters. The van der Waals surface area contributed by atoms with E-state index in [9.17, 15) is 4.79 Å². The molecule has 0 radical (unpaired) electrons. The van der Waals surface area contributed by atoms with Crippen molar-refractivity contribution in [3.05, 3.63) is 76.9 Å². The summed E-state index contributed by atoms with van der Waals surface area (Å²) in [6.45, 7) is 5.87. The Labute approximate surface area is 207 Å². The van der Waals surface area contributed by atoms with Crippen LogP contribution in [0.15, 0.2) is 53.7 Å². The zero-order valence-corrected chi connectivity index (χ0v) is 21.0. The maximum absolute atomic E-state index is 13.3. The molecule has 2 aromatic heterocycles. The van der Waals surface area contributed by atoms with Crippen molar-refractivity contribution in [1.29, 1.82) is 0 Å². The van der Waals surface area contributed by atoms with Gasteiger partial charge in [-0.15, -0.1) is 5.10 Å². The number of aryl methyl sites for hydroxylation is 3. The zero-order valence-electron chi connectivity index (χ0n) is 20.2. The third kappa shape index (κ3) is 5.60. The normalized spacial score (nSPS) is 10.8. The van der Waals surface area contributed by atoms with Crippen LogP contribution in [0.2, 0.25) is 0 Å². The number of nitrogens with zero attached hydrogens (tertiary/aromatic N) is 5. The van der Waals surface area contributed by atoms with E-state index in [1.165, 1.54) is 11.8 Å². The minimum atomic E-state index is -0.382. The average molecular weight is 491 g/mol. The molecule has 0 fully saturated rings. The highest BCUT2D eigenvalue weighted by atomic mass is 32.2. The van der Waals surface area contributed by atoms with Crippen LogP contribution in [0.4, 0.5) is 5.69 Å². The number of nitrogens with one attached hydrogen (secondary N) is 1. The Morgan fingerprint density at radius 2 is 1.63 bits per heavy atom. The van der Waals surface area contributed by atoms with Gasteiger partial charge < -0.3 is 14.8 Å². The molecule has 0 aliphatic carbocycles. The lowest BCUT2D eigenvalue weighted by molar-refractivity contribution is 0.102. The van der Waals surface area contributed by atoms with Crippen molar-refractivity contribution in [2.75, 3.05) is 19.5 Å². The number of amides is 1. The van der Waals surface area contributed by atoms with Crippen LogP contribution in [-0.4, -0.2) is 45.1 Å². The lowest BCUT2D eigenvalue weighted by Crippen LogP contribution is -2.15. The number of aromatic nitrogens is 5. The minimum Gasteiger partial charge on any atom is -0.493 e. The first-order valence-corrected chi connectivity index (χ1v) is 11.9. The summed E-state index contributed by atoms with van der Waals surface area (Å²) in [5.74, 6) is 1.10. The fraction of sp³-hybridized carbons (Fsp3) is 0.240. The molecule has 4 aromatic rings. The molecule has 1 amide bonds. The van der Waals surface area contributed by atoms with Gasteiger partial charge in [-0.05, 0) is 51.1 Å². The van der Waals surface area contributed by atoms with Gasteiger partial charge >= 0.3 is 0 Å². The first kappa shape index (κ1) is 24.2. The van der Waals surface area contributed by atoms with Crippen molar-refractivity contribution in [1.82, 2.24) is 25.0 Å². The molecular formula is C25H26N6O3S. The molecule has 1 N–H and O–H groups in total. The Morgan fingerprint density at radius 1 is 0.943 bits per heavy atom. The van der Waals surface area contributed by atoms with E-state index in [-0.39, 0.29) is 11.6 Å². The van der Waals surface area contributed by atoms with Gasteiger partial charge in [-0.3, -0.25) is 4.79 Å². The highest BCUT2D eigenvalue weighted by molar-refractivity contribution is 7.98. The number of rotatable bonds is 8. The van der Waals surface area contributed by atoms with E-state index < -0.39 is 0 Å². The summed E-state index contributed by atoms with van der Waals surface area (Å²) < 4.78 is 12.3. The van der Waals surface area contributed by atoms with Gasteiger partial charge in [0.25, 0.3) is 5.91 Å². The Hall–Kier alpha value is -3.92. The van der Waals surface area contributed by atoms with Crippen molar-refractivity contribution in [3.8, 4) is 17.2 Å². The standard InChI is InChI=1S/C25H26N6O3S/c1-15-6-9-19(10-7-15)31-20(14-35-25-26-16(2)12-17(3)27-25)23(29-30-31)24(32)28-18-8-11-21(33-4)22(13-18)34-5/h6-13H,14H2,1-5H3,(H,28,32). The Bertz CT molecular complexity index is 1330. The van der Waals surface area contributed by atoms with Gasteiger partial charge in [-0.1, -0.05) is 34.7 Å². The summed E-state index contributed by atoms with van der Waals surface area (Å²) in [4.78, 5) is 22.3. The summed E-state index contributed by atoms with van der Waals surface area (Å²) in [6.07, 6.45) is 0. The molecule has 9 nitrogen and oxygen atoms in total. The van der Waals surface area contributed by atoms with Crippen LogP contribution < -0.4 is 14.8 Å². The molecule has 0 saturated heterocycles. The Kier molecular flexibility index (Phi) is 7.31. The molecule has 0 aliphatic rings. The van der Waals surface area contributed by atoms with Crippen molar-refractivity contribution in [3.63, 3.8) is 0 Å². The van der Waals surface area contributed by atoms with Gasteiger partial charge in [-0.2, -0.15) is 0 Å². The molecule has 35 heavy (non-hydrogen) atoms. The van der Waals surface area contributed by atoms with E-state index in [1.54, 1.807) is 37.1 Å². The average Bonchev–Trinajstić information content (AvgIpc) is 3.26. The van der Waals surface area contributed by atoms with Crippen LogP contribution in [0.25, 0.3) is 5.69 Å². The van der Waals surface area contributed by atoms with Crippen LogP contribution in [0.1, 0.15) is 33.1 Å². The summed E-state index contributed by atoms with van der Waals surface area (Å²) in [5.41, 5.74) is 5.11. The van der Waals surface area contributed by atoms with E-state index >= 15 is 0 Å². The van der Waals surface area contributed by atoms with Crippen molar-refractivity contribution in [2.24, 2.45) is 0 Å². The number of carbonyl (C=O) groups excluding carboxylic acids is 1. The lowest BCUT2D eigenvalue weighted by Gasteiger charge is -2.11. The van der Waals surface area contributed by atoms with Crippen LogP contribution in [0, 0.1) is 20.8 Å². The topological polar surface area (TPSA) is 104 Å². The molecule has 180 valence electrons. The molecule has 2 heterocycles.